The van der Waals surface area contributed by atoms with Gasteiger partial charge in [-0.15, -0.1) is 23.7 Å². The Morgan fingerprint density at radius 3 is 2.58 bits per heavy atom. The maximum atomic E-state index is 12.8. The summed E-state index contributed by atoms with van der Waals surface area (Å²) in [6, 6.07) is 0. The molecule has 0 aromatic carbocycles. The maximum absolute atomic E-state index is 12.8. The Balaban J connectivity index is 0.00000196. The highest BCUT2D eigenvalue weighted by Gasteiger charge is 2.31. The van der Waals surface area contributed by atoms with Gasteiger partial charge in [-0.05, 0) is 57.2 Å². The van der Waals surface area contributed by atoms with Crippen LogP contribution in [0, 0.1) is 25.7 Å². The number of aryl methyl sites for hydroxylation is 2. The van der Waals surface area contributed by atoms with Gasteiger partial charge in [-0.3, -0.25) is 14.2 Å². The van der Waals surface area contributed by atoms with E-state index in [1.165, 1.54) is 22.2 Å². The summed E-state index contributed by atoms with van der Waals surface area (Å²) in [6.07, 6.45) is 3.63. The summed E-state index contributed by atoms with van der Waals surface area (Å²) in [7, 11) is 0. The van der Waals surface area contributed by atoms with Gasteiger partial charge in [0.2, 0.25) is 5.91 Å². The number of fused-ring (bicyclic) bond motifs is 2. The van der Waals surface area contributed by atoms with E-state index in [1.54, 1.807) is 0 Å². The van der Waals surface area contributed by atoms with Crippen LogP contribution in [-0.4, -0.2) is 46.5 Å². The molecule has 2 aromatic heterocycles. The number of thiophene rings is 1. The lowest BCUT2D eigenvalue weighted by atomic mass is 9.92. The Labute approximate surface area is 163 Å². The van der Waals surface area contributed by atoms with Crippen molar-refractivity contribution < 1.29 is 4.79 Å². The Hall–Kier alpha value is -1.44. The van der Waals surface area contributed by atoms with E-state index in [-0.39, 0.29) is 30.4 Å². The number of likely N-dealkylation sites (tertiary alicyclic amines) is 1. The Morgan fingerprint density at radius 2 is 1.92 bits per heavy atom. The van der Waals surface area contributed by atoms with Crippen LogP contribution in [0.25, 0.3) is 10.2 Å². The number of hydrogen-bond acceptors (Lipinski definition) is 5. The molecule has 2 saturated heterocycles. The Bertz CT molecular complexity index is 864. The smallest absolute Gasteiger partial charge is 0.262 e. The van der Waals surface area contributed by atoms with E-state index in [2.05, 4.69) is 10.3 Å². The first kappa shape index (κ1) is 19.3. The van der Waals surface area contributed by atoms with Gasteiger partial charge in [0.1, 0.15) is 11.4 Å². The van der Waals surface area contributed by atoms with Crippen LogP contribution in [0.5, 0.6) is 0 Å². The van der Waals surface area contributed by atoms with Gasteiger partial charge in [0.15, 0.2) is 0 Å². The van der Waals surface area contributed by atoms with Crippen molar-refractivity contribution in [2.75, 3.05) is 26.2 Å². The van der Waals surface area contributed by atoms with Crippen molar-refractivity contribution in [2.24, 2.45) is 11.8 Å². The van der Waals surface area contributed by atoms with Gasteiger partial charge in [-0.25, -0.2) is 4.98 Å². The third-order valence-electron chi connectivity index (χ3n) is 5.83. The van der Waals surface area contributed by atoms with E-state index in [9.17, 15) is 9.59 Å². The predicted molar refractivity (Wildman–Crippen MR) is 106 cm³/mol. The molecule has 2 aromatic rings. The molecular weight excluding hydrogens is 372 g/mol. The highest BCUT2D eigenvalue weighted by atomic mass is 35.5. The lowest BCUT2D eigenvalue weighted by Gasteiger charge is -2.21. The Morgan fingerprint density at radius 1 is 1.27 bits per heavy atom. The average molecular weight is 397 g/mol. The van der Waals surface area contributed by atoms with Crippen LogP contribution in [0.4, 0.5) is 0 Å². The largest absolute Gasteiger partial charge is 0.341 e. The number of carbonyl (C=O) groups is 1. The molecule has 6 nitrogen and oxygen atoms in total. The fraction of sp³-hybridized carbons (Fsp3) is 0.611. The molecule has 2 atom stereocenters. The fourth-order valence-electron chi connectivity index (χ4n) is 4.10. The van der Waals surface area contributed by atoms with Crippen LogP contribution in [0.15, 0.2) is 11.1 Å². The van der Waals surface area contributed by atoms with Gasteiger partial charge in [0.25, 0.3) is 5.56 Å². The van der Waals surface area contributed by atoms with E-state index in [1.807, 2.05) is 18.7 Å². The lowest BCUT2D eigenvalue weighted by molar-refractivity contribution is -0.131. The summed E-state index contributed by atoms with van der Waals surface area (Å²) >= 11 is 1.53. The second kappa shape index (κ2) is 7.66. The summed E-state index contributed by atoms with van der Waals surface area (Å²) < 4.78 is 1.47. The number of carbonyl (C=O) groups excluding carboxylic acids is 1. The maximum Gasteiger partial charge on any atom is 0.262 e. The molecule has 1 amide bonds. The first-order valence-electron chi connectivity index (χ1n) is 8.98. The van der Waals surface area contributed by atoms with Gasteiger partial charge >= 0.3 is 0 Å². The zero-order valence-corrected chi connectivity index (χ0v) is 16.8. The quantitative estimate of drug-likeness (QED) is 0.842. The highest BCUT2D eigenvalue weighted by molar-refractivity contribution is 7.18. The van der Waals surface area contributed by atoms with Crippen molar-refractivity contribution in [1.82, 2.24) is 19.8 Å². The van der Waals surface area contributed by atoms with Gasteiger partial charge in [-0.2, -0.15) is 0 Å². The first-order chi connectivity index (χ1) is 12.0. The lowest BCUT2D eigenvalue weighted by Crippen LogP contribution is -2.37. The molecular formula is C18H25ClN4O2S. The summed E-state index contributed by atoms with van der Waals surface area (Å²) in [5.41, 5.74) is 0.880. The van der Waals surface area contributed by atoms with Crippen molar-refractivity contribution in [3.8, 4) is 0 Å². The molecule has 26 heavy (non-hydrogen) atoms. The van der Waals surface area contributed by atoms with Crippen LogP contribution in [0.2, 0.25) is 0 Å². The molecule has 4 heterocycles. The van der Waals surface area contributed by atoms with E-state index >= 15 is 0 Å². The zero-order valence-electron chi connectivity index (χ0n) is 15.2. The van der Waals surface area contributed by atoms with Crippen molar-refractivity contribution >= 4 is 39.9 Å². The van der Waals surface area contributed by atoms with Crippen molar-refractivity contribution in [1.29, 1.82) is 0 Å². The number of nitrogens with one attached hydrogen (secondary N) is 1. The molecule has 2 aliphatic heterocycles. The molecule has 1 N–H and O–H groups in total. The molecule has 142 valence electrons. The SMILES string of the molecule is Cc1sc2ncn(CC(=O)N3CC[C@@H]4CNC[C@@H]4CC3)c(=O)c2c1C.Cl. The second-order valence-corrected chi connectivity index (χ2v) is 8.48. The molecule has 2 fully saturated rings. The molecule has 2 aliphatic rings. The minimum atomic E-state index is -0.101. The van der Waals surface area contributed by atoms with Gasteiger partial charge in [-0.1, -0.05) is 0 Å². The topological polar surface area (TPSA) is 67.2 Å². The number of hydrogen-bond donors (Lipinski definition) is 1. The van der Waals surface area contributed by atoms with Gasteiger partial charge in [0, 0.05) is 18.0 Å². The van der Waals surface area contributed by atoms with E-state index < -0.39 is 0 Å². The van der Waals surface area contributed by atoms with Crippen molar-refractivity contribution in [2.45, 2.75) is 33.2 Å². The number of amides is 1. The molecule has 0 saturated carbocycles. The third-order valence-corrected chi connectivity index (χ3v) is 6.95. The van der Waals surface area contributed by atoms with Crippen LogP contribution < -0.4 is 10.9 Å². The summed E-state index contributed by atoms with van der Waals surface area (Å²) in [6.45, 7) is 7.77. The monoisotopic (exact) mass is 396 g/mol. The summed E-state index contributed by atoms with van der Waals surface area (Å²) in [5.74, 6) is 1.41. The normalized spacial score (nSPS) is 22.8. The summed E-state index contributed by atoms with van der Waals surface area (Å²) in [5, 5.41) is 4.11. The number of halogens is 1. The van der Waals surface area contributed by atoms with Gasteiger partial charge in [0.05, 0.1) is 11.7 Å². The summed E-state index contributed by atoms with van der Waals surface area (Å²) in [4.78, 5) is 33.7. The number of aromatic nitrogens is 2. The van der Waals surface area contributed by atoms with E-state index in [0.29, 0.717) is 17.2 Å². The van der Waals surface area contributed by atoms with E-state index in [4.69, 9.17) is 0 Å². The molecule has 8 heteroatoms. The predicted octanol–water partition coefficient (Wildman–Crippen LogP) is 1.95. The van der Waals surface area contributed by atoms with Crippen LogP contribution in [-0.2, 0) is 11.3 Å². The van der Waals surface area contributed by atoms with E-state index in [0.717, 1.165) is 54.3 Å². The average Bonchev–Trinajstić information content (AvgIpc) is 3.09. The third kappa shape index (κ3) is 3.40. The highest BCUT2D eigenvalue weighted by Crippen LogP contribution is 2.27. The van der Waals surface area contributed by atoms with Crippen LogP contribution >= 0.6 is 23.7 Å². The molecule has 0 spiro atoms. The zero-order chi connectivity index (χ0) is 17.6. The minimum Gasteiger partial charge on any atom is -0.341 e. The molecule has 0 bridgehead atoms. The number of nitrogens with zero attached hydrogens (tertiary/aromatic N) is 3. The molecule has 0 unspecified atom stereocenters. The first-order valence-corrected chi connectivity index (χ1v) is 9.80. The molecule has 0 aliphatic carbocycles. The molecule has 4 rings (SSSR count). The Kier molecular flexibility index (Phi) is 5.69. The number of rotatable bonds is 2. The van der Waals surface area contributed by atoms with Crippen LogP contribution in [0.1, 0.15) is 23.3 Å². The van der Waals surface area contributed by atoms with Crippen molar-refractivity contribution in [3.05, 3.63) is 27.1 Å². The van der Waals surface area contributed by atoms with Crippen molar-refractivity contribution in [3.63, 3.8) is 0 Å². The molecule has 0 radical (unpaired) electrons. The van der Waals surface area contributed by atoms with Crippen LogP contribution in [0.3, 0.4) is 0 Å². The fourth-order valence-corrected chi connectivity index (χ4v) is 5.08. The minimum absolute atomic E-state index is 0. The standard InChI is InChI=1S/C18H24N4O2S.ClH/c1-11-12(2)25-17-16(11)18(24)22(10-20-17)9-15(23)21-5-3-13-7-19-8-14(13)4-6-21;/h10,13-14,19H,3-9H2,1-2H3;1H/t13-,14+;. The second-order valence-electron chi connectivity index (χ2n) is 7.28. The van der Waals surface area contributed by atoms with Gasteiger partial charge < -0.3 is 10.2 Å².